The van der Waals surface area contributed by atoms with Crippen molar-refractivity contribution in [3.05, 3.63) is 130 Å². The first-order valence-electron chi connectivity index (χ1n) is 15.9. The van der Waals surface area contributed by atoms with Crippen molar-refractivity contribution < 1.29 is 46.1 Å². The molecule has 0 radical (unpaired) electrons. The van der Waals surface area contributed by atoms with Crippen molar-refractivity contribution in [3.8, 4) is 11.1 Å². The van der Waals surface area contributed by atoms with E-state index < -0.39 is 46.8 Å². The smallest absolute Gasteiger partial charge is 0.257 e. The monoisotopic (exact) mass is 682 g/mol. The van der Waals surface area contributed by atoms with Gasteiger partial charge in [-0.1, -0.05) is 67.6 Å². The van der Waals surface area contributed by atoms with Gasteiger partial charge in [0.15, 0.2) is 29.6 Å². The first-order chi connectivity index (χ1) is 23.6. The van der Waals surface area contributed by atoms with Crippen LogP contribution in [0.1, 0.15) is 51.9 Å². The molecule has 0 aromatic heterocycles. The van der Waals surface area contributed by atoms with Gasteiger partial charge >= 0.3 is 0 Å². The van der Waals surface area contributed by atoms with E-state index in [1.54, 1.807) is 18.2 Å². The Labute approximate surface area is 280 Å². The Morgan fingerprint density at radius 2 is 1.43 bits per heavy atom. The van der Waals surface area contributed by atoms with Crippen LogP contribution in [0.2, 0.25) is 0 Å². The second kappa shape index (κ2) is 15.1. The van der Waals surface area contributed by atoms with E-state index in [0.717, 1.165) is 40.9 Å². The molecule has 2 heterocycles. The normalized spacial score (nSPS) is 21.4. The summed E-state index contributed by atoms with van der Waals surface area (Å²) in [6, 6.07) is 22.3. The van der Waals surface area contributed by atoms with Gasteiger partial charge in [0, 0.05) is 37.7 Å². The van der Waals surface area contributed by atoms with Crippen LogP contribution in [-0.2, 0) is 27.4 Å². The molecule has 0 unspecified atom stereocenters. The Morgan fingerprint density at radius 3 is 2.10 bits per heavy atom. The fourth-order valence-corrected chi connectivity index (χ4v) is 6.17. The highest BCUT2D eigenvalue weighted by Gasteiger charge is 2.39. The molecule has 0 bridgehead atoms. The number of nitrogens with zero attached hydrogens (tertiary/aromatic N) is 1. The molecule has 258 valence electrons. The van der Waals surface area contributed by atoms with Crippen LogP contribution in [0.15, 0.2) is 72.8 Å². The summed E-state index contributed by atoms with van der Waals surface area (Å²) in [7, 11) is 0. The van der Waals surface area contributed by atoms with Gasteiger partial charge < -0.3 is 24.6 Å². The topological polar surface area (TPSA) is 80.3 Å². The molecule has 0 saturated carbocycles. The molecule has 6 rings (SSSR count). The third-order valence-corrected chi connectivity index (χ3v) is 8.97. The van der Waals surface area contributed by atoms with Crippen LogP contribution in [0, 0.1) is 35.0 Å². The number of aliphatic hydroxyl groups is 1. The summed E-state index contributed by atoms with van der Waals surface area (Å²) in [6.07, 6.45) is -1.15. The van der Waals surface area contributed by atoms with Crippen LogP contribution in [-0.4, -0.2) is 54.9 Å². The maximum Gasteiger partial charge on any atom is 0.257 e. The van der Waals surface area contributed by atoms with Crippen LogP contribution < -0.4 is 5.32 Å². The van der Waals surface area contributed by atoms with Gasteiger partial charge in [0.1, 0.15) is 5.56 Å². The molecule has 4 atom stereocenters. The summed E-state index contributed by atoms with van der Waals surface area (Å²) in [6.45, 7) is 5.46. The molecule has 2 aliphatic rings. The first kappa shape index (κ1) is 34.7. The lowest BCUT2D eigenvalue weighted by molar-refractivity contribution is -0.277. The number of aliphatic hydroxyl groups excluding tert-OH is 1. The van der Waals surface area contributed by atoms with Gasteiger partial charge in [-0.2, -0.15) is 0 Å². The summed E-state index contributed by atoms with van der Waals surface area (Å²) in [5.74, 6) is -12.5. The number of ether oxygens (including phenoxy) is 3. The van der Waals surface area contributed by atoms with E-state index in [4.69, 9.17) is 14.2 Å². The third-order valence-electron chi connectivity index (χ3n) is 8.97. The van der Waals surface area contributed by atoms with Crippen LogP contribution in [0.25, 0.3) is 11.1 Å². The number of halogens is 5. The molecule has 4 aromatic rings. The molecule has 2 saturated heterocycles. The van der Waals surface area contributed by atoms with Crippen LogP contribution in [0.4, 0.5) is 22.0 Å². The van der Waals surface area contributed by atoms with Gasteiger partial charge in [-0.05, 0) is 39.9 Å². The highest BCUT2D eigenvalue weighted by Crippen LogP contribution is 2.42. The number of carbonyl (C=O) groups is 1. The van der Waals surface area contributed by atoms with Gasteiger partial charge in [-0.3, -0.25) is 9.69 Å². The number of carbonyl (C=O) groups excluding carboxylic acids is 1. The number of hydrogen-bond acceptors (Lipinski definition) is 6. The molecule has 49 heavy (non-hydrogen) atoms. The zero-order valence-corrected chi connectivity index (χ0v) is 26.6. The zero-order valence-electron chi connectivity index (χ0n) is 26.6. The number of amides is 1. The van der Waals surface area contributed by atoms with Gasteiger partial charge in [-0.25, -0.2) is 22.0 Å². The highest BCUT2D eigenvalue weighted by molar-refractivity contribution is 5.94. The van der Waals surface area contributed by atoms with Crippen LogP contribution >= 0.6 is 0 Å². The van der Waals surface area contributed by atoms with E-state index in [0.29, 0.717) is 25.3 Å². The van der Waals surface area contributed by atoms with Crippen molar-refractivity contribution in [1.82, 2.24) is 10.2 Å². The molecule has 1 amide bonds. The zero-order chi connectivity index (χ0) is 34.7. The Bertz CT molecular complexity index is 1770. The Balaban J connectivity index is 1.22. The fourth-order valence-electron chi connectivity index (χ4n) is 6.17. The first-order valence-corrected chi connectivity index (χ1v) is 15.9. The van der Waals surface area contributed by atoms with Crippen LogP contribution in [0.3, 0.4) is 0 Å². The van der Waals surface area contributed by atoms with Gasteiger partial charge in [0.25, 0.3) is 5.91 Å². The lowest BCUT2D eigenvalue weighted by Gasteiger charge is -2.43. The van der Waals surface area contributed by atoms with E-state index >= 15 is 0 Å². The number of morpholine rings is 1. The SMILES string of the molecule is C[C@@H]1[C@H](CN2CCOCC2)O[C@H](c2cccc(-c3cccc(CNC(=O)c4c(F)c(F)c(F)c(F)c4F)c3)c2)O[C@@H]1c1ccc(CO)cc1. The maximum atomic E-state index is 14.2. The minimum atomic E-state index is -2.33. The molecule has 2 aliphatic heterocycles. The summed E-state index contributed by atoms with van der Waals surface area (Å²) in [4.78, 5) is 14.8. The molecule has 0 spiro atoms. The van der Waals surface area contributed by atoms with Crippen molar-refractivity contribution in [2.45, 2.75) is 38.6 Å². The van der Waals surface area contributed by atoms with E-state index in [2.05, 4.69) is 17.1 Å². The van der Waals surface area contributed by atoms with E-state index in [-0.39, 0.29) is 31.3 Å². The van der Waals surface area contributed by atoms with Crippen molar-refractivity contribution in [3.63, 3.8) is 0 Å². The van der Waals surface area contributed by atoms with Gasteiger partial charge in [-0.15, -0.1) is 0 Å². The van der Waals surface area contributed by atoms with Crippen molar-refractivity contribution in [1.29, 1.82) is 0 Å². The summed E-state index contributed by atoms with van der Waals surface area (Å²) in [5, 5.41) is 11.8. The maximum absolute atomic E-state index is 14.2. The van der Waals surface area contributed by atoms with Gasteiger partial charge in [0.2, 0.25) is 5.82 Å². The summed E-state index contributed by atoms with van der Waals surface area (Å²) < 4.78 is 87.8. The fraction of sp³-hybridized carbons (Fsp3) is 0.324. The average molecular weight is 683 g/mol. The Kier molecular flexibility index (Phi) is 10.7. The van der Waals surface area contributed by atoms with Crippen LogP contribution in [0.5, 0.6) is 0 Å². The molecule has 2 N–H and O–H groups in total. The van der Waals surface area contributed by atoms with Crippen molar-refractivity contribution >= 4 is 5.91 Å². The molecule has 2 fully saturated rings. The lowest BCUT2D eigenvalue weighted by atomic mass is 9.89. The minimum absolute atomic E-state index is 0.0130. The second-order valence-corrected chi connectivity index (χ2v) is 12.2. The molecule has 7 nitrogen and oxygen atoms in total. The van der Waals surface area contributed by atoms with Crippen molar-refractivity contribution in [2.75, 3.05) is 32.8 Å². The Morgan fingerprint density at radius 1 is 0.796 bits per heavy atom. The lowest BCUT2D eigenvalue weighted by Crippen LogP contribution is -2.47. The van der Waals surface area contributed by atoms with E-state index in [1.807, 2.05) is 54.6 Å². The minimum Gasteiger partial charge on any atom is -0.392 e. The molecule has 4 aromatic carbocycles. The third kappa shape index (κ3) is 7.53. The molecule has 12 heteroatoms. The standard InChI is InChI=1S/C37H35F5N2O5/c1-21-28(19-44-12-14-47-15-13-44)48-37(49-35(21)24-10-8-22(20-45)9-11-24)27-7-3-6-26(17-27)25-5-2-4-23(16-25)18-43-36(46)29-30(38)32(40)34(42)33(41)31(29)39/h2-11,16-17,21,28,35,37,45H,12-15,18-20H2,1H3,(H,43,46)/t21-,28+,35+,37+/m1/s1. The van der Waals surface area contributed by atoms with Crippen molar-refractivity contribution in [2.24, 2.45) is 5.92 Å². The second-order valence-electron chi connectivity index (χ2n) is 12.2. The number of nitrogens with one attached hydrogen (secondary N) is 1. The van der Waals surface area contributed by atoms with E-state index in [1.165, 1.54) is 0 Å². The highest BCUT2D eigenvalue weighted by atomic mass is 19.2. The molecular formula is C37H35F5N2O5. The predicted molar refractivity (Wildman–Crippen MR) is 170 cm³/mol. The summed E-state index contributed by atoms with van der Waals surface area (Å²) >= 11 is 0. The van der Waals surface area contributed by atoms with Gasteiger partial charge in [0.05, 0.1) is 32.0 Å². The number of rotatable bonds is 9. The average Bonchev–Trinajstić information content (AvgIpc) is 3.14. The summed E-state index contributed by atoms with van der Waals surface area (Å²) in [5.41, 5.74) is 3.07. The largest absolute Gasteiger partial charge is 0.392 e. The number of benzene rings is 4. The molecular weight excluding hydrogens is 647 g/mol. The predicted octanol–water partition coefficient (Wildman–Crippen LogP) is 6.60. The Hall–Kier alpha value is -4.20. The van der Waals surface area contributed by atoms with E-state index in [9.17, 15) is 31.9 Å². The number of hydrogen-bond donors (Lipinski definition) is 2. The quantitative estimate of drug-likeness (QED) is 0.118. The molecule has 0 aliphatic carbocycles.